The van der Waals surface area contributed by atoms with Crippen molar-refractivity contribution in [2.24, 2.45) is 0 Å². The van der Waals surface area contributed by atoms with E-state index in [-0.39, 0.29) is 12.6 Å². The fourth-order valence-corrected chi connectivity index (χ4v) is 4.22. The van der Waals surface area contributed by atoms with Crippen LogP contribution in [0.3, 0.4) is 0 Å². The molecule has 1 aromatic carbocycles. The number of aromatic amines is 1. The predicted octanol–water partition coefficient (Wildman–Crippen LogP) is 4.07. The van der Waals surface area contributed by atoms with Crippen molar-refractivity contribution in [3.8, 4) is 22.7 Å². The van der Waals surface area contributed by atoms with Gasteiger partial charge in [0, 0.05) is 30.4 Å². The van der Waals surface area contributed by atoms with Gasteiger partial charge in [0.25, 0.3) is 5.56 Å². The normalized spacial score (nSPS) is 12.2. The Labute approximate surface area is 207 Å². The summed E-state index contributed by atoms with van der Waals surface area (Å²) in [5.41, 5.74) is 0.427. The number of imidazole rings is 1. The molecule has 0 spiro atoms. The van der Waals surface area contributed by atoms with Crippen LogP contribution in [0.1, 0.15) is 38.1 Å². The molecule has 4 aromatic heterocycles. The molecule has 0 aliphatic rings. The average molecular weight is 513 g/mol. The number of H-pyrrole nitrogens is 1. The summed E-state index contributed by atoms with van der Waals surface area (Å²) < 4.78 is 48.5. The molecule has 5 aromatic rings. The van der Waals surface area contributed by atoms with Crippen LogP contribution < -0.4 is 11.2 Å². The van der Waals surface area contributed by atoms with E-state index in [4.69, 9.17) is 4.52 Å². The van der Waals surface area contributed by atoms with Crippen LogP contribution in [-0.4, -0.2) is 34.0 Å². The number of benzene rings is 1. The first-order valence-electron chi connectivity index (χ1n) is 11.5. The molecule has 0 saturated carbocycles. The fourth-order valence-electron chi connectivity index (χ4n) is 4.22. The average Bonchev–Trinajstić information content (AvgIpc) is 3.57. The van der Waals surface area contributed by atoms with E-state index in [1.807, 2.05) is 13.8 Å². The molecule has 1 N–H and O–H groups in total. The first-order chi connectivity index (χ1) is 17.6. The third-order valence-corrected chi connectivity index (χ3v) is 5.93. The minimum absolute atomic E-state index is 0.130. The first-order valence-corrected chi connectivity index (χ1v) is 11.5. The summed E-state index contributed by atoms with van der Waals surface area (Å²) in [6.07, 6.45) is -1.09. The van der Waals surface area contributed by atoms with E-state index < -0.39 is 23.0 Å². The number of hydrogen-bond donors (Lipinski definition) is 1. The summed E-state index contributed by atoms with van der Waals surface area (Å²) in [4.78, 5) is 31.9. The van der Waals surface area contributed by atoms with Gasteiger partial charge in [-0.05, 0) is 32.9 Å². The summed E-state index contributed by atoms with van der Waals surface area (Å²) in [5.74, 6) is 0.814. The maximum Gasteiger partial charge on any atom is 0.416 e. The highest BCUT2D eigenvalue weighted by Gasteiger charge is 2.30. The van der Waals surface area contributed by atoms with Crippen LogP contribution in [0.4, 0.5) is 13.2 Å². The maximum absolute atomic E-state index is 12.8. The second-order valence-electron chi connectivity index (χ2n) is 8.76. The fraction of sp³-hybridized carbons (Fsp3) is 0.292. The summed E-state index contributed by atoms with van der Waals surface area (Å²) in [6.45, 7) is 6.18. The standard InChI is InChI=1S/C24H22F3N7O3/c1-4-33-21-19(22(35)30-23(33)36)34(13(2)3)20(29-21)15-10-28-32(11-15)12-17-9-18(37-31-17)14-5-7-16(8-6-14)24(25,26)27/h5-11,13H,4,12H2,1-3H3,(H,30,35,36). The second-order valence-corrected chi connectivity index (χ2v) is 8.76. The van der Waals surface area contributed by atoms with Gasteiger partial charge in [-0.3, -0.25) is 19.0 Å². The van der Waals surface area contributed by atoms with Gasteiger partial charge >= 0.3 is 11.9 Å². The van der Waals surface area contributed by atoms with Gasteiger partial charge in [0.1, 0.15) is 11.5 Å². The van der Waals surface area contributed by atoms with Crippen LogP contribution in [-0.2, 0) is 19.3 Å². The van der Waals surface area contributed by atoms with Crippen LogP contribution in [0.5, 0.6) is 0 Å². The van der Waals surface area contributed by atoms with Crippen LogP contribution in [0.15, 0.2) is 56.8 Å². The van der Waals surface area contributed by atoms with E-state index >= 15 is 0 Å². The zero-order valence-electron chi connectivity index (χ0n) is 20.1. The highest BCUT2D eigenvalue weighted by molar-refractivity contribution is 5.77. The van der Waals surface area contributed by atoms with Gasteiger partial charge in [0.2, 0.25) is 0 Å². The first kappa shape index (κ1) is 24.3. The minimum Gasteiger partial charge on any atom is -0.356 e. The molecule has 0 bridgehead atoms. The van der Waals surface area contributed by atoms with Crippen molar-refractivity contribution in [2.75, 3.05) is 0 Å². The molecule has 0 aliphatic heterocycles. The number of nitrogens with one attached hydrogen (secondary N) is 1. The molecular weight excluding hydrogens is 491 g/mol. The second kappa shape index (κ2) is 8.91. The Hall–Kier alpha value is -4.42. The van der Waals surface area contributed by atoms with Gasteiger partial charge < -0.3 is 9.09 Å². The van der Waals surface area contributed by atoms with Crippen molar-refractivity contribution in [2.45, 2.75) is 46.1 Å². The molecule has 0 radical (unpaired) electrons. The smallest absolute Gasteiger partial charge is 0.356 e. The Morgan fingerprint density at radius 3 is 2.49 bits per heavy atom. The lowest BCUT2D eigenvalue weighted by atomic mass is 10.1. The number of halogens is 3. The molecule has 37 heavy (non-hydrogen) atoms. The van der Waals surface area contributed by atoms with Crippen molar-refractivity contribution in [3.63, 3.8) is 0 Å². The van der Waals surface area contributed by atoms with Crippen molar-refractivity contribution in [3.05, 3.63) is 74.8 Å². The summed E-state index contributed by atoms with van der Waals surface area (Å²) in [6, 6.07) is 6.13. The van der Waals surface area contributed by atoms with Gasteiger partial charge in [-0.1, -0.05) is 17.3 Å². The number of aryl methyl sites for hydroxylation is 1. The van der Waals surface area contributed by atoms with E-state index in [1.165, 1.54) is 16.7 Å². The zero-order chi connectivity index (χ0) is 26.5. The quantitative estimate of drug-likeness (QED) is 0.366. The molecule has 0 fully saturated rings. The molecule has 0 saturated heterocycles. The largest absolute Gasteiger partial charge is 0.416 e. The minimum atomic E-state index is -4.42. The van der Waals surface area contributed by atoms with Crippen molar-refractivity contribution < 1.29 is 17.7 Å². The van der Waals surface area contributed by atoms with Crippen LogP contribution in [0.25, 0.3) is 33.9 Å². The predicted molar refractivity (Wildman–Crippen MR) is 128 cm³/mol. The van der Waals surface area contributed by atoms with Gasteiger partial charge in [0.15, 0.2) is 16.9 Å². The molecule has 192 valence electrons. The molecule has 4 heterocycles. The Morgan fingerprint density at radius 2 is 1.84 bits per heavy atom. The summed E-state index contributed by atoms with van der Waals surface area (Å²) >= 11 is 0. The molecule has 13 heteroatoms. The molecule has 5 rings (SSSR count). The highest BCUT2D eigenvalue weighted by atomic mass is 19.4. The number of alkyl halides is 3. The van der Waals surface area contributed by atoms with E-state index in [2.05, 4.69) is 20.2 Å². The highest BCUT2D eigenvalue weighted by Crippen LogP contribution is 2.31. The number of rotatable bonds is 6. The SMILES string of the molecule is CCn1c(=O)[nH]c(=O)c2c1nc(-c1cnn(Cc3cc(-c4ccc(C(F)(F)F)cc4)on3)c1)n2C(C)C. The number of aromatic nitrogens is 7. The van der Waals surface area contributed by atoms with Gasteiger partial charge in [0.05, 0.1) is 23.9 Å². The zero-order valence-corrected chi connectivity index (χ0v) is 20.1. The van der Waals surface area contributed by atoms with Crippen molar-refractivity contribution in [1.82, 2.24) is 34.0 Å². The molecule has 0 unspecified atom stereocenters. The molecule has 0 atom stereocenters. The van der Waals surface area contributed by atoms with Gasteiger partial charge in [-0.2, -0.15) is 18.3 Å². The Bertz CT molecular complexity index is 1700. The Balaban J connectivity index is 1.45. The van der Waals surface area contributed by atoms with Crippen LogP contribution >= 0.6 is 0 Å². The lowest BCUT2D eigenvalue weighted by molar-refractivity contribution is -0.137. The lowest BCUT2D eigenvalue weighted by Crippen LogP contribution is -2.30. The van der Waals surface area contributed by atoms with Gasteiger partial charge in [-0.15, -0.1) is 0 Å². The summed E-state index contributed by atoms with van der Waals surface area (Å²) in [7, 11) is 0. The molecule has 0 amide bonds. The third kappa shape index (κ3) is 4.36. The van der Waals surface area contributed by atoms with Gasteiger partial charge in [-0.25, -0.2) is 9.78 Å². The van der Waals surface area contributed by atoms with E-state index in [0.29, 0.717) is 46.1 Å². The Kier molecular flexibility index (Phi) is 5.85. The summed E-state index contributed by atoms with van der Waals surface area (Å²) in [5, 5.41) is 8.37. The van der Waals surface area contributed by atoms with E-state index in [1.54, 1.807) is 34.6 Å². The topological polar surface area (TPSA) is 117 Å². The van der Waals surface area contributed by atoms with Crippen molar-refractivity contribution >= 4 is 11.2 Å². The third-order valence-electron chi connectivity index (χ3n) is 5.93. The van der Waals surface area contributed by atoms with E-state index in [0.717, 1.165) is 12.1 Å². The maximum atomic E-state index is 12.8. The monoisotopic (exact) mass is 513 g/mol. The molecule has 10 nitrogen and oxygen atoms in total. The Morgan fingerprint density at radius 1 is 1.11 bits per heavy atom. The van der Waals surface area contributed by atoms with Crippen molar-refractivity contribution in [1.29, 1.82) is 0 Å². The van der Waals surface area contributed by atoms with Crippen LogP contribution in [0, 0.1) is 0 Å². The van der Waals surface area contributed by atoms with E-state index in [9.17, 15) is 22.8 Å². The van der Waals surface area contributed by atoms with Crippen LogP contribution in [0.2, 0.25) is 0 Å². The molecular formula is C24H22F3N7O3. The number of nitrogens with zero attached hydrogens (tertiary/aromatic N) is 6. The lowest BCUT2D eigenvalue weighted by Gasteiger charge is -2.11. The number of fused-ring (bicyclic) bond motifs is 1. The number of hydrogen-bond acceptors (Lipinski definition) is 6. The molecule has 0 aliphatic carbocycles.